The van der Waals surface area contributed by atoms with Crippen molar-refractivity contribution in [2.75, 3.05) is 0 Å². The standard InChI is InChI=1S/C9H10N4OS/c1-7(2)6-12-9(14)13(11-10-12)8-4-3-5-15-8/h3-5H,1,6H2,2H3. The van der Waals surface area contributed by atoms with Gasteiger partial charge in [0.25, 0.3) is 0 Å². The zero-order chi connectivity index (χ0) is 10.8. The molecule has 0 fully saturated rings. The summed E-state index contributed by atoms with van der Waals surface area (Å²) in [5, 5.41) is 10.2. The predicted octanol–water partition coefficient (Wildman–Crippen LogP) is 1.07. The van der Waals surface area contributed by atoms with Crippen LogP contribution in [0.4, 0.5) is 0 Å². The molecule has 0 saturated heterocycles. The van der Waals surface area contributed by atoms with Crippen molar-refractivity contribution in [2.45, 2.75) is 13.5 Å². The lowest BCUT2D eigenvalue weighted by molar-refractivity contribution is 0.625. The molecule has 2 aromatic heterocycles. The largest absolute Gasteiger partial charge is 0.369 e. The van der Waals surface area contributed by atoms with Gasteiger partial charge in [-0.05, 0) is 34.9 Å². The molecule has 15 heavy (non-hydrogen) atoms. The lowest BCUT2D eigenvalue weighted by Gasteiger charge is -1.95. The number of tetrazole rings is 1. The van der Waals surface area contributed by atoms with Crippen LogP contribution in [0.3, 0.4) is 0 Å². The normalized spacial score (nSPS) is 10.5. The van der Waals surface area contributed by atoms with Gasteiger partial charge >= 0.3 is 5.69 Å². The molecule has 0 aliphatic heterocycles. The van der Waals surface area contributed by atoms with Gasteiger partial charge in [-0.1, -0.05) is 12.2 Å². The molecule has 78 valence electrons. The van der Waals surface area contributed by atoms with Gasteiger partial charge in [-0.2, -0.15) is 9.36 Å². The molecule has 0 unspecified atom stereocenters. The first-order valence-electron chi connectivity index (χ1n) is 4.39. The van der Waals surface area contributed by atoms with Crippen LogP contribution in [-0.4, -0.2) is 19.8 Å². The molecular weight excluding hydrogens is 212 g/mol. The summed E-state index contributed by atoms with van der Waals surface area (Å²) in [6, 6.07) is 3.69. The molecule has 0 aliphatic carbocycles. The Morgan fingerprint density at radius 2 is 2.40 bits per heavy atom. The molecule has 0 bridgehead atoms. The fourth-order valence-electron chi connectivity index (χ4n) is 1.16. The van der Waals surface area contributed by atoms with E-state index < -0.39 is 0 Å². The van der Waals surface area contributed by atoms with E-state index in [0.29, 0.717) is 6.54 Å². The fourth-order valence-corrected chi connectivity index (χ4v) is 1.83. The molecule has 0 saturated carbocycles. The lowest BCUT2D eigenvalue weighted by atomic mass is 10.4. The van der Waals surface area contributed by atoms with E-state index in [-0.39, 0.29) is 5.69 Å². The highest BCUT2D eigenvalue weighted by Gasteiger charge is 2.08. The van der Waals surface area contributed by atoms with Crippen molar-refractivity contribution in [1.82, 2.24) is 19.8 Å². The van der Waals surface area contributed by atoms with Gasteiger partial charge in [0, 0.05) is 0 Å². The Morgan fingerprint density at radius 1 is 1.60 bits per heavy atom. The summed E-state index contributed by atoms with van der Waals surface area (Å²) in [5.41, 5.74) is 0.635. The Bertz CT molecular complexity index is 523. The van der Waals surface area contributed by atoms with Gasteiger partial charge in [0.15, 0.2) is 0 Å². The van der Waals surface area contributed by atoms with E-state index >= 15 is 0 Å². The SMILES string of the molecule is C=C(C)Cn1nnn(-c2cccs2)c1=O. The average molecular weight is 222 g/mol. The minimum atomic E-state index is -0.236. The van der Waals surface area contributed by atoms with Crippen LogP contribution in [0.1, 0.15) is 6.92 Å². The Labute approximate surface area is 90.3 Å². The number of thiophene rings is 1. The van der Waals surface area contributed by atoms with Gasteiger partial charge in [-0.15, -0.1) is 11.3 Å². The lowest BCUT2D eigenvalue weighted by Crippen LogP contribution is -2.24. The summed E-state index contributed by atoms with van der Waals surface area (Å²) in [6.45, 7) is 5.98. The van der Waals surface area contributed by atoms with Crippen molar-refractivity contribution in [3.8, 4) is 5.00 Å². The Morgan fingerprint density at radius 3 is 3.00 bits per heavy atom. The highest BCUT2D eigenvalue weighted by atomic mass is 32.1. The molecule has 0 spiro atoms. The van der Waals surface area contributed by atoms with Gasteiger partial charge in [-0.3, -0.25) is 0 Å². The van der Waals surface area contributed by atoms with Crippen LogP contribution >= 0.6 is 11.3 Å². The Hall–Kier alpha value is -1.69. The molecule has 0 aromatic carbocycles. The molecule has 2 heterocycles. The highest BCUT2D eigenvalue weighted by Crippen LogP contribution is 2.10. The summed E-state index contributed by atoms with van der Waals surface area (Å²) < 4.78 is 2.58. The second-order valence-corrected chi connectivity index (χ2v) is 4.17. The van der Waals surface area contributed by atoms with Crippen molar-refractivity contribution < 1.29 is 0 Å². The first-order valence-corrected chi connectivity index (χ1v) is 5.27. The van der Waals surface area contributed by atoms with E-state index in [1.54, 1.807) is 0 Å². The van der Waals surface area contributed by atoms with Crippen LogP contribution in [0.15, 0.2) is 34.5 Å². The smallest absolute Gasteiger partial charge is 0.244 e. The first kappa shape index (κ1) is 9.85. The van der Waals surface area contributed by atoms with Crippen LogP contribution in [0.25, 0.3) is 5.00 Å². The highest BCUT2D eigenvalue weighted by molar-refractivity contribution is 7.12. The molecule has 0 N–H and O–H groups in total. The topological polar surface area (TPSA) is 52.7 Å². The average Bonchev–Trinajstić information content (AvgIpc) is 2.76. The number of allylic oxidation sites excluding steroid dienone is 1. The maximum absolute atomic E-state index is 11.8. The van der Waals surface area contributed by atoms with E-state index in [1.807, 2.05) is 24.4 Å². The monoisotopic (exact) mass is 222 g/mol. The molecular formula is C9H10N4OS. The second-order valence-electron chi connectivity index (χ2n) is 3.24. The van der Waals surface area contributed by atoms with Crippen LogP contribution in [-0.2, 0) is 6.54 Å². The third-order valence-corrected chi connectivity index (χ3v) is 2.62. The van der Waals surface area contributed by atoms with E-state index in [1.165, 1.54) is 20.7 Å². The second kappa shape index (κ2) is 3.82. The molecule has 6 heteroatoms. The van der Waals surface area contributed by atoms with E-state index in [0.717, 1.165) is 10.6 Å². The van der Waals surface area contributed by atoms with Gasteiger partial charge in [0.2, 0.25) is 0 Å². The Balaban J connectivity index is 2.41. The maximum atomic E-state index is 11.8. The summed E-state index contributed by atoms with van der Waals surface area (Å²) >= 11 is 1.45. The third-order valence-electron chi connectivity index (χ3n) is 1.77. The number of hydrogen-bond acceptors (Lipinski definition) is 4. The number of nitrogens with zero attached hydrogens (tertiary/aromatic N) is 4. The molecule has 0 amide bonds. The van der Waals surface area contributed by atoms with Crippen LogP contribution in [0.2, 0.25) is 0 Å². The van der Waals surface area contributed by atoms with Crippen LogP contribution in [0.5, 0.6) is 0 Å². The fraction of sp³-hybridized carbons (Fsp3) is 0.222. The van der Waals surface area contributed by atoms with Crippen molar-refractivity contribution >= 4 is 11.3 Å². The van der Waals surface area contributed by atoms with Gasteiger partial charge < -0.3 is 0 Å². The van der Waals surface area contributed by atoms with Crippen LogP contribution < -0.4 is 5.69 Å². The van der Waals surface area contributed by atoms with E-state index in [2.05, 4.69) is 17.0 Å². The minimum Gasteiger partial charge on any atom is -0.244 e. The number of rotatable bonds is 3. The van der Waals surface area contributed by atoms with E-state index in [9.17, 15) is 4.79 Å². The van der Waals surface area contributed by atoms with Gasteiger partial charge in [0.05, 0.1) is 6.54 Å². The number of hydrogen-bond donors (Lipinski definition) is 0. The first-order chi connectivity index (χ1) is 7.18. The van der Waals surface area contributed by atoms with Gasteiger partial charge in [-0.25, -0.2) is 4.79 Å². The minimum absolute atomic E-state index is 0.236. The third kappa shape index (κ3) is 1.89. The van der Waals surface area contributed by atoms with E-state index in [4.69, 9.17) is 0 Å². The van der Waals surface area contributed by atoms with Crippen molar-refractivity contribution in [3.05, 3.63) is 40.1 Å². The zero-order valence-corrected chi connectivity index (χ0v) is 9.07. The van der Waals surface area contributed by atoms with Crippen molar-refractivity contribution in [3.63, 3.8) is 0 Å². The summed E-state index contributed by atoms with van der Waals surface area (Å²) in [5.74, 6) is 0. The quantitative estimate of drug-likeness (QED) is 0.730. The molecule has 0 aliphatic rings. The molecule has 2 aromatic rings. The van der Waals surface area contributed by atoms with Crippen LogP contribution in [0, 0.1) is 0 Å². The predicted molar refractivity (Wildman–Crippen MR) is 58.3 cm³/mol. The molecule has 5 nitrogen and oxygen atoms in total. The number of aromatic nitrogens is 4. The summed E-state index contributed by atoms with van der Waals surface area (Å²) in [6.07, 6.45) is 0. The zero-order valence-electron chi connectivity index (χ0n) is 8.25. The molecule has 0 radical (unpaired) electrons. The molecule has 0 atom stereocenters. The maximum Gasteiger partial charge on any atom is 0.369 e. The van der Waals surface area contributed by atoms with Gasteiger partial charge in [0.1, 0.15) is 5.00 Å². The van der Waals surface area contributed by atoms with Crippen molar-refractivity contribution in [2.24, 2.45) is 0 Å². The summed E-state index contributed by atoms with van der Waals surface area (Å²) in [7, 11) is 0. The molecule has 2 rings (SSSR count). The Kier molecular flexibility index (Phi) is 2.51. The summed E-state index contributed by atoms with van der Waals surface area (Å²) in [4.78, 5) is 11.8. The van der Waals surface area contributed by atoms with Crippen molar-refractivity contribution in [1.29, 1.82) is 0 Å².